The van der Waals surface area contributed by atoms with E-state index >= 15 is 0 Å². The first-order chi connectivity index (χ1) is 7.74. The summed E-state index contributed by atoms with van der Waals surface area (Å²) in [6.45, 7) is 0. The molecule has 0 unspecified atom stereocenters. The van der Waals surface area contributed by atoms with Crippen LogP contribution < -0.4 is 0 Å². The molecular formula is C11H6F2N2O. The molecule has 0 N–H and O–H groups in total. The van der Waals surface area contributed by atoms with Crippen molar-refractivity contribution >= 4 is 5.84 Å². The normalized spacial score (nSPS) is 11.1. The summed E-state index contributed by atoms with van der Waals surface area (Å²) in [6.07, 6.45) is 4.69. The Kier molecular flexibility index (Phi) is 1.80. The summed E-state index contributed by atoms with van der Waals surface area (Å²) in [6, 6.07) is 3.25. The minimum atomic E-state index is -0.512. The molecule has 2 aromatic heterocycles. The van der Waals surface area contributed by atoms with Crippen LogP contribution >= 0.6 is 0 Å². The minimum Gasteiger partial charge on any atom is -0.432 e. The molecule has 80 valence electrons. The third-order valence-corrected chi connectivity index (χ3v) is 2.30. The number of imidazole rings is 1. The van der Waals surface area contributed by atoms with Crippen LogP contribution in [0.4, 0.5) is 8.78 Å². The highest BCUT2D eigenvalue weighted by atomic mass is 19.1. The first kappa shape index (κ1) is 9.08. The quantitative estimate of drug-likeness (QED) is 0.631. The largest absolute Gasteiger partial charge is 0.432 e. The molecule has 0 saturated heterocycles. The van der Waals surface area contributed by atoms with E-state index in [9.17, 15) is 8.78 Å². The number of fused-ring (bicyclic) bond motifs is 1. The lowest BCUT2D eigenvalue weighted by atomic mass is 10.1. The molecule has 0 amide bonds. The smallest absolute Gasteiger partial charge is 0.306 e. The first-order valence-corrected chi connectivity index (χ1v) is 4.62. The van der Waals surface area contributed by atoms with Gasteiger partial charge in [-0.1, -0.05) is 0 Å². The highest BCUT2D eigenvalue weighted by molar-refractivity contribution is 5.61. The lowest BCUT2D eigenvalue weighted by molar-refractivity contribution is 0.594. The summed E-state index contributed by atoms with van der Waals surface area (Å²) in [4.78, 5) is 4.03. The van der Waals surface area contributed by atoms with Crippen molar-refractivity contribution in [3.05, 3.63) is 48.5 Å². The molecule has 2 heterocycles. The van der Waals surface area contributed by atoms with Gasteiger partial charge in [0.1, 0.15) is 17.9 Å². The van der Waals surface area contributed by atoms with Crippen LogP contribution in [0.5, 0.6) is 0 Å². The van der Waals surface area contributed by atoms with Gasteiger partial charge in [-0.2, -0.15) is 4.98 Å². The first-order valence-electron chi connectivity index (χ1n) is 4.62. The van der Waals surface area contributed by atoms with Gasteiger partial charge in [0.2, 0.25) is 0 Å². The molecule has 0 fully saturated rings. The average molecular weight is 220 g/mol. The Bertz CT molecular complexity index is 628. The maximum atomic E-state index is 13.4. The average Bonchev–Trinajstić information content (AvgIpc) is 2.81. The van der Waals surface area contributed by atoms with Crippen molar-refractivity contribution < 1.29 is 13.2 Å². The number of hydrogen-bond donors (Lipinski definition) is 0. The number of halogens is 2. The van der Waals surface area contributed by atoms with E-state index in [1.807, 2.05) is 0 Å². The number of benzene rings is 1. The topological polar surface area (TPSA) is 30.4 Å². The van der Waals surface area contributed by atoms with Crippen LogP contribution in [0.1, 0.15) is 0 Å². The summed E-state index contributed by atoms with van der Waals surface area (Å²) in [5.41, 5.74) is 0.468. The van der Waals surface area contributed by atoms with E-state index in [2.05, 4.69) is 4.98 Å². The van der Waals surface area contributed by atoms with Crippen molar-refractivity contribution in [1.29, 1.82) is 0 Å². The molecule has 0 atom stereocenters. The van der Waals surface area contributed by atoms with Crippen molar-refractivity contribution in [2.45, 2.75) is 0 Å². The third-order valence-electron chi connectivity index (χ3n) is 2.30. The van der Waals surface area contributed by atoms with Crippen molar-refractivity contribution in [1.82, 2.24) is 9.38 Å². The highest BCUT2D eigenvalue weighted by Crippen LogP contribution is 2.23. The van der Waals surface area contributed by atoms with Crippen molar-refractivity contribution in [3.8, 4) is 11.3 Å². The second kappa shape index (κ2) is 3.16. The van der Waals surface area contributed by atoms with Gasteiger partial charge in [0.25, 0.3) is 0 Å². The fourth-order valence-corrected chi connectivity index (χ4v) is 1.55. The molecule has 0 saturated carbocycles. The van der Waals surface area contributed by atoms with Crippen LogP contribution in [0.15, 0.2) is 41.3 Å². The third kappa shape index (κ3) is 1.29. The maximum absolute atomic E-state index is 13.4. The summed E-state index contributed by atoms with van der Waals surface area (Å²) in [5.74, 6) is -0.665. The van der Waals surface area contributed by atoms with Gasteiger partial charge < -0.3 is 4.42 Å². The van der Waals surface area contributed by atoms with E-state index in [1.165, 1.54) is 6.26 Å². The SMILES string of the molecule is Fc1ccc(F)c(-c2cn3ccoc3n2)c1. The molecule has 0 radical (unpaired) electrons. The van der Waals surface area contributed by atoms with Gasteiger partial charge in [0.15, 0.2) is 0 Å². The molecule has 1 aromatic carbocycles. The van der Waals surface area contributed by atoms with Gasteiger partial charge in [0.05, 0.1) is 5.69 Å². The van der Waals surface area contributed by atoms with Crippen LogP contribution in [-0.2, 0) is 0 Å². The monoisotopic (exact) mass is 220 g/mol. The van der Waals surface area contributed by atoms with Gasteiger partial charge in [-0.05, 0) is 18.2 Å². The van der Waals surface area contributed by atoms with Gasteiger partial charge in [-0.25, -0.2) is 8.78 Å². The summed E-state index contributed by atoms with van der Waals surface area (Å²) >= 11 is 0. The van der Waals surface area contributed by atoms with Crippen molar-refractivity contribution in [3.63, 3.8) is 0 Å². The second-order valence-corrected chi connectivity index (χ2v) is 3.34. The zero-order valence-corrected chi connectivity index (χ0v) is 8.02. The Labute approximate surface area is 89.0 Å². The predicted molar refractivity (Wildman–Crippen MR) is 52.8 cm³/mol. The number of hydrogen-bond acceptors (Lipinski definition) is 2. The van der Waals surface area contributed by atoms with Crippen LogP contribution in [0.3, 0.4) is 0 Å². The van der Waals surface area contributed by atoms with E-state index in [0.717, 1.165) is 18.2 Å². The van der Waals surface area contributed by atoms with Crippen LogP contribution in [0.2, 0.25) is 0 Å². The van der Waals surface area contributed by atoms with Crippen LogP contribution in [0, 0.1) is 11.6 Å². The maximum Gasteiger partial charge on any atom is 0.306 e. The number of oxazole rings is 1. The van der Waals surface area contributed by atoms with Gasteiger partial charge >= 0.3 is 5.84 Å². The van der Waals surface area contributed by atoms with Crippen molar-refractivity contribution in [2.24, 2.45) is 0 Å². The summed E-state index contributed by atoms with van der Waals surface area (Å²) in [7, 11) is 0. The second-order valence-electron chi connectivity index (χ2n) is 3.34. The van der Waals surface area contributed by atoms with Gasteiger partial charge in [-0.15, -0.1) is 0 Å². The molecule has 0 spiro atoms. The Hall–Kier alpha value is -2.17. The molecule has 0 aliphatic rings. The van der Waals surface area contributed by atoms with E-state index in [1.54, 1.807) is 16.8 Å². The lowest BCUT2D eigenvalue weighted by Crippen LogP contribution is -1.86. The van der Waals surface area contributed by atoms with E-state index in [-0.39, 0.29) is 5.56 Å². The number of aromatic nitrogens is 2. The zero-order chi connectivity index (χ0) is 11.1. The molecule has 0 bridgehead atoms. The predicted octanol–water partition coefficient (Wildman–Crippen LogP) is 2.87. The molecular weight excluding hydrogens is 214 g/mol. The Morgan fingerprint density at radius 3 is 2.94 bits per heavy atom. The Morgan fingerprint density at radius 1 is 1.25 bits per heavy atom. The molecule has 5 heteroatoms. The molecule has 0 aliphatic heterocycles. The fourth-order valence-electron chi connectivity index (χ4n) is 1.55. The fraction of sp³-hybridized carbons (Fsp3) is 0. The molecule has 3 rings (SSSR count). The summed E-state index contributed by atoms with van der Waals surface area (Å²) in [5, 5.41) is 0. The van der Waals surface area contributed by atoms with Crippen LogP contribution in [-0.4, -0.2) is 9.38 Å². The molecule has 3 nitrogen and oxygen atoms in total. The minimum absolute atomic E-state index is 0.124. The van der Waals surface area contributed by atoms with E-state index < -0.39 is 11.6 Å². The number of rotatable bonds is 1. The molecule has 0 aliphatic carbocycles. The Balaban J connectivity index is 2.22. The van der Waals surface area contributed by atoms with Crippen LogP contribution in [0.25, 0.3) is 17.1 Å². The standard InChI is InChI=1S/C11H6F2N2O/c12-7-1-2-9(13)8(5-7)10-6-15-3-4-16-11(15)14-10/h1-6H. The highest BCUT2D eigenvalue weighted by Gasteiger charge is 2.11. The van der Waals surface area contributed by atoms with E-state index in [0.29, 0.717) is 11.5 Å². The van der Waals surface area contributed by atoms with E-state index in [4.69, 9.17) is 4.42 Å². The van der Waals surface area contributed by atoms with Gasteiger partial charge in [-0.3, -0.25) is 4.40 Å². The Morgan fingerprint density at radius 2 is 2.12 bits per heavy atom. The molecule has 3 aromatic rings. The number of nitrogens with zero attached hydrogens (tertiary/aromatic N) is 2. The lowest BCUT2D eigenvalue weighted by Gasteiger charge is -1.98. The van der Waals surface area contributed by atoms with Crippen molar-refractivity contribution in [2.75, 3.05) is 0 Å². The summed E-state index contributed by atoms with van der Waals surface area (Å²) < 4.78 is 33.1. The van der Waals surface area contributed by atoms with Gasteiger partial charge in [0, 0.05) is 18.0 Å². The zero-order valence-electron chi connectivity index (χ0n) is 8.02. The molecule has 16 heavy (non-hydrogen) atoms.